The van der Waals surface area contributed by atoms with Crippen LogP contribution in [-0.2, 0) is 0 Å². The zero-order valence-electron chi connectivity index (χ0n) is 4.24. The van der Waals surface area contributed by atoms with Crippen LogP contribution in [0.1, 0.15) is 0 Å². The Kier molecular flexibility index (Phi) is 2.40. The molecule has 0 amide bonds. The molecule has 0 aliphatic carbocycles. The summed E-state index contributed by atoms with van der Waals surface area (Å²) < 4.78 is 13.5. The zero-order valence-corrected chi connectivity index (χ0v) is 7.98. The van der Waals surface area contributed by atoms with Gasteiger partial charge in [-0.1, -0.05) is 0 Å². The van der Waals surface area contributed by atoms with E-state index >= 15 is 0 Å². The molecule has 0 N–H and O–H groups in total. The molecular formula is C5H2BrFIN. The van der Waals surface area contributed by atoms with Crippen LogP contribution in [0.2, 0.25) is 0 Å². The maximum Gasteiger partial charge on any atom is 0.169 e. The smallest absolute Gasteiger partial charge is 0.169 e. The highest BCUT2D eigenvalue weighted by Gasteiger charge is 2.01. The van der Waals surface area contributed by atoms with Crippen molar-refractivity contribution < 1.29 is 4.39 Å². The maximum atomic E-state index is 12.6. The lowest BCUT2D eigenvalue weighted by atomic mass is 10.5. The largest absolute Gasteiger partial charge is 0.246 e. The van der Waals surface area contributed by atoms with Crippen molar-refractivity contribution in [2.75, 3.05) is 0 Å². The van der Waals surface area contributed by atoms with Gasteiger partial charge in [0, 0.05) is 6.20 Å². The van der Waals surface area contributed by atoms with E-state index in [2.05, 4.69) is 20.9 Å². The van der Waals surface area contributed by atoms with Gasteiger partial charge in [0.2, 0.25) is 0 Å². The first-order valence-electron chi connectivity index (χ1n) is 2.17. The summed E-state index contributed by atoms with van der Waals surface area (Å²) in [6.45, 7) is 0. The highest BCUT2D eigenvalue weighted by atomic mass is 127. The summed E-state index contributed by atoms with van der Waals surface area (Å²) in [6.07, 6.45) is 1.55. The first-order chi connectivity index (χ1) is 4.22. The Morgan fingerprint density at radius 3 is 2.78 bits per heavy atom. The van der Waals surface area contributed by atoms with E-state index in [0.717, 1.165) is 0 Å². The van der Waals surface area contributed by atoms with Gasteiger partial charge in [-0.15, -0.1) is 0 Å². The zero-order chi connectivity index (χ0) is 6.85. The average molecular weight is 302 g/mol. The van der Waals surface area contributed by atoms with E-state index in [1.54, 1.807) is 12.3 Å². The molecule has 9 heavy (non-hydrogen) atoms. The molecule has 0 radical (unpaired) electrons. The Hall–Kier alpha value is 0.290. The number of nitrogens with zero attached hydrogens (tertiary/aromatic N) is 1. The second-order valence-corrected chi connectivity index (χ2v) is 3.31. The molecule has 0 spiro atoms. The number of hydrogen-bond acceptors (Lipinski definition) is 1. The molecule has 1 heterocycles. The normalized spacial score (nSPS) is 9.67. The number of rotatable bonds is 0. The van der Waals surface area contributed by atoms with Crippen LogP contribution in [0.5, 0.6) is 0 Å². The second kappa shape index (κ2) is 2.92. The van der Waals surface area contributed by atoms with Crippen LogP contribution in [0.3, 0.4) is 0 Å². The number of halogens is 3. The third-order valence-corrected chi connectivity index (χ3v) is 2.19. The highest BCUT2D eigenvalue weighted by Crippen LogP contribution is 2.16. The minimum Gasteiger partial charge on any atom is -0.246 e. The van der Waals surface area contributed by atoms with Crippen molar-refractivity contribution in [1.29, 1.82) is 0 Å². The van der Waals surface area contributed by atoms with Crippen LogP contribution >= 0.6 is 38.5 Å². The molecule has 4 heteroatoms. The van der Waals surface area contributed by atoms with Gasteiger partial charge in [-0.25, -0.2) is 9.37 Å². The van der Waals surface area contributed by atoms with Gasteiger partial charge in [0.1, 0.15) is 4.60 Å². The monoisotopic (exact) mass is 301 g/mol. The summed E-state index contributed by atoms with van der Waals surface area (Å²) in [7, 11) is 0. The number of hydrogen-bond donors (Lipinski definition) is 0. The van der Waals surface area contributed by atoms with Crippen molar-refractivity contribution in [2.24, 2.45) is 0 Å². The van der Waals surface area contributed by atoms with Gasteiger partial charge in [-0.3, -0.25) is 0 Å². The second-order valence-electron chi connectivity index (χ2n) is 1.40. The third kappa shape index (κ3) is 1.61. The van der Waals surface area contributed by atoms with Crippen molar-refractivity contribution in [3.63, 3.8) is 0 Å². The fraction of sp³-hybridized carbons (Fsp3) is 0. The van der Waals surface area contributed by atoms with E-state index in [4.69, 9.17) is 0 Å². The quantitative estimate of drug-likeness (QED) is 0.530. The molecule has 0 bridgehead atoms. The van der Waals surface area contributed by atoms with Gasteiger partial charge < -0.3 is 0 Å². The topological polar surface area (TPSA) is 12.9 Å². The fourth-order valence-corrected chi connectivity index (χ4v) is 1.52. The summed E-state index contributed by atoms with van der Waals surface area (Å²) in [6, 6.07) is 1.61. The first kappa shape index (κ1) is 7.40. The van der Waals surface area contributed by atoms with E-state index < -0.39 is 0 Å². The Bertz CT molecular complexity index is 208. The summed E-state index contributed by atoms with van der Waals surface area (Å²) in [5.41, 5.74) is 0. The van der Waals surface area contributed by atoms with Crippen LogP contribution < -0.4 is 0 Å². The van der Waals surface area contributed by atoms with Crippen molar-refractivity contribution in [3.05, 3.63) is 26.3 Å². The molecule has 0 atom stereocenters. The number of pyridine rings is 1. The molecule has 1 aromatic heterocycles. The van der Waals surface area contributed by atoms with Crippen LogP contribution in [0.15, 0.2) is 16.9 Å². The molecule has 1 rings (SSSR count). The standard InChI is InChI=1S/C5H2BrFIN/c6-5-4(7)3(8)1-2-9-5/h1-2H. The average Bonchev–Trinajstić information content (AvgIpc) is 1.83. The molecule has 0 fully saturated rings. The van der Waals surface area contributed by atoms with E-state index in [-0.39, 0.29) is 10.4 Å². The van der Waals surface area contributed by atoms with Gasteiger partial charge in [0.05, 0.1) is 3.57 Å². The van der Waals surface area contributed by atoms with E-state index in [9.17, 15) is 4.39 Å². The van der Waals surface area contributed by atoms with Crippen LogP contribution in [0.25, 0.3) is 0 Å². The minimum atomic E-state index is -0.293. The van der Waals surface area contributed by atoms with Gasteiger partial charge >= 0.3 is 0 Å². The third-order valence-electron chi connectivity index (χ3n) is 0.800. The minimum absolute atomic E-state index is 0.273. The van der Waals surface area contributed by atoms with Crippen LogP contribution in [0, 0.1) is 9.39 Å². The Balaban J connectivity index is 3.25. The summed E-state index contributed by atoms with van der Waals surface area (Å²) >= 11 is 4.86. The molecule has 0 unspecified atom stereocenters. The lowest BCUT2D eigenvalue weighted by Crippen LogP contribution is -1.84. The Morgan fingerprint density at radius 1 is 1.67 bits per heavy atom. The maximum absolute atomic E-state index is 12.6. The molecule has 0 aliphatic heterocycles. The molecular weight excluding hydrogens is 300 g/mol. The van der Waals surface area contributed by atoms with Crippen LogP contribution in [-0.4, -0.2) is 4.98 Å². The van der Waals surface area contributed by atoms with Crippen LogP contribution in [0.4, 0.5) is 4.39 Å². The molecule has 0 saturated carbocycles. The summed E-state index contributed by atoms with van der Waals surface area (Å²) in [5, 5.41) is 0. The highest BCUT2D eigenvalue weighted by molar-refractivity contribution is 14.1. The molecule has 1 nitrogen and oxygen atoms in total. The van der Waals surface area contributed by atoms with Crippen molar-refractivity contribution >= 4 is 38.5 Å². The van der Waals surface area contributed by atoms with Gasteiger partial charge in [-0.05, 0) is 44.6 Å². The van der Waals surface area contributed by atoms with E-state index in [0.29, 0.717) is 3.57 Å². The van der Waals surface area contributed by atoms with Crippen molar-refractivity contribution in [2.45, 2.75) is 0 Å². The molecule has 0 saturated heterocycles. The SMILES string of the molecule is Fc1c(I)ccnc1Br. The molecule has 1 aromatic rings. The summed E-state index contributed by atoms with van der Waals surface area (Å²) in [5.74, 6) is -0.293. The molecule has 0 aliphatic rings. The predicted octanol–water partition coefficient (Wildman–Crippen LogP) is 2.59. The van der Waals surface area contributed by atoms with E-state index in [1.807, 2.05) is 22.6 Å². The fourth-order valence-electron chi connectivity index (χ4n) is 0.397. The van der Waals surface area contributed by atoms with Crippen molar-refractivity contribution in [1.82, 2.24) is 4.98 Å². The van der Waals surface area contributed by atoms with Gasteiger partial charge in [0.25, 0.3) is 0 Å². The van der Waals surface area contributed by atoms with Gasteiger partial charge in [0.15, 0.2) is 5.82 Å². The van der Waals surface area contributed by atoms with E-state index in [1.165, 1.54) is 0 Å². The van der Waals surface area contributed by atoms with Crippen molar-refractivity contribution in [3.8, 4) is 0 Å². The Labute approximate surface area is 73.9 Å². The molecule has 0 aromatic carbocycles. The predicted molar refractivity (Wildman–Crippen MR) is 44.6 cm³/mol. The number of aromatic nitrogens is 1. The lowest BCUT2D eigenvalue weighted by Gasteiger charge is -1.92. The molecule has 48 valence electrons. The Morgan fingerprint density at radius 2 is 2.33 bits per heavy atom. The van der Waals surface area contributed by atoms with Gasteiger partial charge in [-0.2, -0.15) is 0 Å². The lowest BCUT2D eigenvalue weighted by molar-refractivity contribution is 0.605. The summed E-state index contributed by atoms with van der Waals surface area (Å²) in [4.78, 5) is 3.68. The first-order valence-corrected chi connectivity index (χ1v) is 4.04.